The molecule has 1 fully saturated rings. The number of Topliss-reactive ketones (excluding diaryl/α,β-unsaturated/α-hetero) is 1. The van der Waals surface area contributed by atoms with Gasteiger partial charge in [-0.2, -0.15) is 4.98 Å². The lowest BCUT2D eigenvalue weighted by Gasteiger charge is -2.10. The first-order valence-electron chi connectivity index (χ1n) is 9.08. The van der Waals surface area contributed by atoms with Crippen molar-refractivity contribution in [2.24, 2.45) is 0 Å². The molecule has 3 aromatic rings. The van der Waals surface area contributed by atoms with Crippen molar-refractivity contribution in [1.29, 1.82) is 0 Å². The van der Waals surface area contributed by atoms with E-state index >= 15 is 0 Å². The Kier molecular flexibility index (Phi) is 4.26. The molecule has 6 nitrogen and oxygen atoms in total. The standard InChI is InChI=1S/C21H21N3O3/c1-12-9-14(3)17(10-13(12)2)18(25)11-24-8-4-5-16(21(24)26)20-22-19(23-27-20)15-6-7-15/h4-5,8-10,15H,6-7,11H2,1-3H3. The second-order valence-corrected chi connectivity index (χ2v) is 7.26. The van der Waals surface area contributed by atoms with E-state index in [2.05, 4.69) is 10.1 Å². The third-order valence-electron chi connectivity index (χ3n) is 5.09. The first-order chi connectivity index (χ1) is 12.9. The van der Waals surface area contributed by atoms with Gasteiger partial charge in [0.1, 0.15) is 5.56 Å². The van der Waals surface area contributed by atoms with E-state index in [0.29, 0.717) is 22.9 Å². The Labute approximate surface area is 156 Å². The molecule has 0 saturated heterocycles. The lowest BCUT2D eigenvalue weighted by atomic mass is 9.98. The number of benzene rings is 1. The van der Waals surface area contributed by atoms with Gasteiger partial charge in [-0.1, -0.05) is 11.2 Å². The number of carbonyl (C=O) groups excluding carboxylic acids is 1. The van der Waals surface area contributed by atoms with E-state index in [-0.39, 0.29) is 23.8 Å². The quantitative estimate of drug-likeness (QED) is 0.648. The molecule has 2 aromatic heterocycles. The molecule has 1 aromatic carbocycles. The lowest BCUT2D eigenvalue weighted by Crippen LogP contribution is -2.25. The van der Waals surface area contributed by atoms with Crippen LogP contribution in [0.3, 0.4) is 0 Å². The molecular formula is C21H21N3O3. The molecule has 6 heteroatoms. The Morgan fingerprint density at radius 2 is 1.93 bits per heavy atom. The summed E-state index contributed by atoms with van der Waals surface area (Å²) in [6.45, 7) is 5.88. The minimum atomic E-state index is -0.307. The number of aromatic nitrogens is 3. The van der Waals surface area contributed by atoms with Crippen molar-refractivity contribution in [3.63, 3.8) is 0 Å². The molecule has 1 aliphatic rings. The number of carbonyl (C=O) groups is 1. The highest BCUT2D eigenvalue weighted by Crippen LogP contribution is 2.38. The molecule has 0 spiro atoms. The van der Waals surface area contributed by atoms with Gasteiger partial charge >= 0.3 is 0 Å². The number of hydrogen-bond donors (Lipinski definition) is 0. The number of pyridine rings is 1. The number of nitrogens with zero attached hydrogens (tertiary/aromatic N) is 3. The summed E-state index contributed by atoms with van der Waals surface area (Å²) in [5.74, 6) is 1.12. The van der Waals surface area contributed by atoms with Crippen LogP contribution >= 0.6 is 0 Å². The van der Waals surface area contributed by atoms with Crippen molar-refractivity contribution in [3.05, 3.63) is 68.9 Å². The number of aryl methyl sites for hydroxylation is 3. The largest absolute Gasteiger partial charge is 0.334 e. The average molecular weight is 363 g/mol. The zero-order valence-electron chi connectivity index (χ0n) is 15.7. The van der Waals surface area contributed by atoms with E-state index in [1.54, 1.807) is 18.3 Å². The van der Waals surface area contributed by atoms with Crippen LogP contribution < -0.4 is 5.56 Å². The first kappa shape index (κ1) is 17.4. The Morgan fingerprint density at radius 3 is 2.67 bits per heavy atom. The normalized spacial score (nSPS) is 13.7. The van der Waals surface area contributed by atoms with E-state index in [0.717, 1.165) is 29.5 Å². The molecule has 2 heterocycles. The number of rotatable bonds is 5. The van der Waals surface area contributed by atoms with Gasteiger partial charge in [0.2, 0.25) is 0 Å². The molecule has 138 valence electrons. The van der Waals surface area contributed by atoms with Crippen molar-refractivity contribution >= 4 is 5.78 Å². The van der Waals surface area contributed by atoms with Crippen LogP contribution in [-0.2, 0) is 6.54 Å². The van der Waals surface area contributed by atoms with Gasteiger partial charge in [-0.15, -0.1) is 0 Å². The Bertz CT molecular complexity index is 1090. The van der Waals surface area contributed by atoms with Crippen molar-refractivity contribution in [3.8, 4) is 11.5 Å². The molecule has 0 unspecified atom stereocenters. The second-order valence-electron chi connectivity index (χ2n) is 7.26. The molecule has 1 aliphatic carbocycles. The highest BCUT2D eigenvalue weighted by molar-refractivity contribution is 5.97. The molecule has 1 saturated carbocycles. The summed E-state index contributed by atoms with van der Waals surface area (Å²) >= 11 is 0. The summed E-state index contributed by atoms with van der Waals surface area (Å²) in [6.07, 6.45) is 3.72. The average Bonchev–Trinajstić information content (AvgIpc) is 3.37. The molecule has 0 atom stereocenters. The van der Waals surface area contributed by atoms with E-state index < -0.39 is 0 Å². The predicted octanol–water partition coefficient (Wildman–Crippen LogP) is 3.58. The summed E-state index contributed by atoms with van der Waals surface area (Å²) in [6, 6.07) is 7.26. The van der Waals surface area contributed by atoms with Gasteiger partial charge in [0.05, 0.1) is 6.54 Å². The molecule has 0 amide bonds. The fraction of sp³-hybridized carbons (Fsp3) is 0.333. The molecule has 4 rings (SSSR count). The van der Waals surface area contributed by atoms with Gasteiger partial charge in [0.25, 0.3) is 11.4 Å². The van der Waals surface area contributed by atoms with E-state index in [9.17, 15) is 9.59 Å². The van der Waals surface area contributed by atoms with Gasteiger partial charge in [-0.25, -0.2) is 0 Å². The zero-order chi connectivity index (χ0) is 19.1. The van der Waals surface area contributed by atoms with Crippen molar-refractivity contribution in [2.75, 3.05) is 0 Å². The number of ketones is 1. The molecule has 0 N–H and O–H groups in total. The lowest BCUT2D eigenvalue weighted by molar-refractivity contribution is 0.0970. The third-order valence-corrected chi connectivity index (χ3v) is 5.09. The van der Waals surface area contributed by atoms with Crippen molar-refractivity contribution < 1.29 is 9.32 Å². The van der Waals surface area contributed by atoms with E-state index in [4.69, 9.17) is 4.52 Å². The topological polar surface area (TPSA) is 78.0 Å². The number of hydrogen-bond acceptors (Lipinski definition) is 5. The highest BCUT2D eigenvalue weighted by atomic mass is 16.5. The summed E-state index contributed by atoms with van der Waals surface area (Å²) in [7, 11) is 0. The highest BCUT2D eigenvalue weighted by Gasteiger charge is 2.29. The summed E-state index contributed by atoms with van der Waals surface area (Å²) < 4.78 is 6.66. The summed E-state index contributed by atoms with van der Waals surface area (Å²) in [4.78, 5) is 30.0. The van der Waals surface area contributed by atoms with Crippen LogP contribution in [-0.4, -0.2) is 20.5 Å². The van der Waals surface area contributed by atoms with Gasteiger partial charge in [0.15, 0.2) is 11.6 Å². The SMILES string of the molecule is Cc1cc(C)c(C(=O)Cn2cccc(-c3nc(C4CC4)no3)c2=O)cc1C. The zero-order valence-corrected chi connectivity index (χ0v) is 15.7. The van der Waals surface area contributed by atoms with Gasteiger partial charge < -0.3 is 9.09 Å². The van der Waals surface area contributed by atoms with E-state index in [1.165, 1.54) is 4.57 Å². The second kappa shape index (κ2) is 6.61. The summed E-state index contributed by atoms with van der Waals surface area (Å²) in [5.41, 5.74) is 3.77. The molecule has 0 aliphatic heterocycles. The first-order valence-corrected chi connectivity index (χ1v) is 9.08. The summed E-state index contributed by atoms with van der Waals surface area (Å²) in [5, 5.41) is 3.96. The predicted molar refractivity (Wildman–Crippen MR) is 101 cm³/mol. The fourth-order valence-electron chi connectivity index (χ4n) is 3.18. The minimum Gasteiger partial charge on any atom is -0.334 e. The Hall–Kier alpha value is -3.02. The van der Waals surface area contributed by atoms with Gasteiger partial charge in [0, 0.05) is 17.7 Å². The van der Waals surface area contributed by atoms with Crippen LogP contribution in [0, 0.1) is 20.8 Å². The van der Waals surface area contributed by atoms with Crippen LogP contribution in [0.1, 0.15) is 51.6 Å². The third kappa shape index (κ3) is 3.35. The van der Waals surface area contributed by atoms with Crippen LogP contribution in [0.25, 0.3) is 11.5 Å². The van der Waals surface area contributed by atoms with Crippen LogP contribution in [0.5, 0.6) is 0 Å². The van der Waals surface area contributed by atoms with Crippen molar-refractivity contribution in [1.82, 2.24) is 14.7 Å². The van der Waals surface area contributed by atoms with Gasteiger partial charge in [-0.05, 0) is 68.5 Å². The molecule has 0 radical (unpaired) electrons. The Balaban J connectivity index is 1.64. The molecule has 0 bridgehead atoms. The molecule has 27 heavy (non-hydrogen) atoms. The van der Waals surface area contributed by atoms with Gasteiger partial charge in [-0.3, -0.25) is 9.59 Å². The maximum absolute atomic E-state index is 12.8. The van der Waals surface area contributed by atoms with Crippen LogP contribution in [0.15, 0.2) is 39.8 Å². The van der Waals surface area contributed by atoms with Crippen LogP contribution in [0.4, 0.5) is 0 Å². The smallest absolute Gasteiger partial charge is 0.263 e. The molecular weight excluding hydrogens is 342 g/mol. The van der Waals surface area contributed by atoms with Crippen LogP contribution in [0.2, 0.25) is 0 Å². The maximum Gasteiger partial charge on any atom is 0.263 e. The Morgan fingerprint density at radius 1 is 1.19 bits per heavy atom. The van der Waals surface area contributed by atoms with Crippen molar-refractivity contribution in [2.45, 2.75) is 46.1 Å². The minimum absolute atomic E-state index is 0.0281. The monoisotopic (exact) mass is 363 g/mol. The fourth-order valence-corrected chi connectivity index (χ4v) is 3.18. The van der Waals surface area contributed by atoms with E-state index in [1.807, 2.05) is 32.9 Å². The maximum atomic E-state index is 12.8.